The number of benzene rings is 2. The number of para-hydroxylation sites is 1. The Labute approximate surface area is 246 Å². The number of primary amides is 1. The number of hydrogen-bond donors (Lipinski definition) is 1. The first-order valence-corrected chi connectivity index (χ1v) is 14.0. The number of pyridine rings is 2. The van der Waals surface area contributed by atoms with E-state index in [1.54, 1.807) is 36.4 Å². The molecule has 6 nitrogen and oxygen atoms in total. The lowest BCUT2D eigenvalue weighted by atomic mass is 9.73. The molecule has 3 heterocycles. The molecule has 0 aliphatic carbocycles. The van der Waals surface area contributed by atoms with E-state index < -0.39 is 22.7 Å². The van der Waals surface area contributed by atoms with E-state index in [1.165, 1.54) is 22.8 Å². The maximum absolute atomic E-state index is 14.0. The predicted octanol–water partition coefficient (Wildman–Crippen LogP) is 6.77. The number of amides is 1. The molecule has 40 heavy (non-hydrogen) atoms. The van der Waals surface area contributed by atoms with Gasteiger partial charge in [0.1, 0.15) is 11.5 Å². The van der Waals surface area contributed by atoms with Gasteiger partial charge in [0, 0.05) is 35.6 Å². The van der Waals surface area contributed by atoms with Gasteiger partial charge in [0.05, 0.1) is 31.9 Å². The van der Waals surface area contributed by atoms with Gasteiger partial charge in [0.2, 0.25) is 5.91 Å². The third kappa shape index (κ3) is 4.90. The fourth-order valence-corrected chi connectivity index (χ4v) is 6.33. The number of hydrogen-bond acceptors (Lipinski definition) is 4. The molecule has 5 rings (SSSR count). The molecule has 0 unspecified atom stereocenters. The number of halogens is 4. The van der Waals surface area contributed by atoms with Gasteiger partial charge in [-0.1, -0.05) is 40.9 Å². The number of nitrogens with two attached hydrogens (primary N) is 1. The summed E-state index contributed by atoms with van der Waals surface area (Å²) in [5, 5.41) is 1.21. The molecule has 0 spiro atoms. The van der Waals surface area contributed by atoms with Gasteiger partial charge in [-0.2, -0.15) is 0 Å². The molecule has 2 aromatic heterocycles. The molecule has 0 bridgehead atoms. The van der Waals surface area contributed by atoms with Crippen LogP contribution in [0.3, 0.4) is 0 Å². The number of carbonyl (C=O) groups excluding carboxylic acids is 1. The molecule has 0 saturated carbocycles. The summed E-state index contributed by atoms with van der Waals surface area (Å²) >= 11 is 19.6. The van der Waals surface area contributed by atoms with E-state index >= 15 is 0 Å². The zero-order valence-corrected chi connectivity index (χ0v) is 24.5. The summed E-state index contributed by atoms with van der Waals surface area (Å²) in [7, 11) is 0. The Bertz CT molecular complexity index is 1690. The average molecular weight is 602 g/mol. The van der Waals surface area contributed by atoms with Gasteiger partial charge in [-0.05, 0) is 81.6 Å². The Balaban J connectivity index is 1.86. The fourth-order valence-electron chi connectivity index (χ4n) is 5.49. The van der Waals surface area contributed by atoms with Crippen molar-refractivity contribution in [3.63, 3.8) is 0 Å². The van der Waals surface area contributed by atoms with Crippen LogP contribution in [0.25, 0.3) is 27.8 Å². The molecular formula is C30H28Cl3FN4O2. The number of nitrogens with zero attached hydrogens (tertiary/aromatic N) is 3. The predicted molar refractivity (Wildman–Crippen MR) is 159 cm³/mol. The molecule has 1 amide bonds. The maximum Gasteiger partial charge on any atom is 0.256 e. The van der Waals surface area contributed by atoms with Crippen molar-refractivity contribution in [2.24, 2.45) is 5.73 Å². The number of rotatable bonds is 4. The number of aromatic nitrogens is 2. The molecule has 4 aromatic rings. The summed E-state index contributed by atoms with van der Waals surface area (Å²) in [6, 6.07) is 13.8. The van der Waals surface area contributed by atoms with Gasteiger partial charge in [0.25, 0.3) is 5.56 Å². The van der Waals surface area contributed by atoms with Crippen molar-refractivity contribution >= 4 is 51.7 Å². The Kier molecular flexibility index (Phi) is 7.46. The molecular weight excluding hydrogens is 574 g/mol. The van der Waals surface area contributed by atoms with E-state index in [1.807, 2.05) is 0 Å². The molecule has 1 saturated heterocycles. The van der Waals surface area contributed by atoms with Crippen LogP contribution in [0.15, 0.2) is 59.4 Å². The van der Waals surface area contributed by atoms with Gasteiger partial charge >= 0.3 is 0 Å². The minimum absolute atomic E-state index is 0.0886. The molecule has 1 aliphatic rings. The van der Waals surface area contributed by atoms with Crippen LogP contribution >= 0.6 is 34.8 Å². The molecule has 2 N–H and O–H groups in total. The number of piperidine rings is 1. The first kappa shape index (κ1) is 28.6. The standard InChI is InChI=1S/C30H28Cl3FN4O2/c1-29(2,3)37-13-11-30(12-14-37,28(35)40)24-16-20(18-8-7-17(34)15-23(18)33)19-9-10-25(39)38(27(19)36-24)26-21(31)5-4-6-22(26)32/h4-10,15-16H,11-14H2,1-3H3,(H2,35,40). The van der Waals surface area contributed by atoms with E-state index in [4.69, 9.17) is 45.5 Å². The van der Waals surface area contributed by atoms with Crippen LogP contribution in [0, 0.1) is 5.82 Å². The molecule has 2 aromatic carbocycles. The fraction of sp³-hybridized carbons (Fsp3) is 0.300. The van der Waals surface area contributed by atoms with Crippen molar-refractivity contribution in [3.05, 3.63) is 91.5 Å². The maximum atomic E-state index is 14.0. The minimum atomic E-state index is -1.11. The average Bonchev–Trinajstić information content (AvgIpc) is 2.88. The van der Waals surface area contributed by atoms with Gasteiger partial charge < -0.3 is 5.73 Å². The second kappa shape index (κ2) is 10.5. The van der Waals surface area contributed by atoms with Gasteiger partial charge in [-0.25, -0.2) is 9.37 Å². The van der Waals surface area contributed by atoms with E-state index in [0.29, 0.717) is 48.1 Å². The lowest BCUT2D eigenvalue weighted by Gasteiger charge is -2.45. The summed E-state index contributed by atoms with van der Waals surface area (Å²) in [6.45, 7) is 7.62. The van der Waals surface area contributed by atoms with Crippen LogP contribution in [0.2, 0.25) is 15.1 Å². The zero-order chi connectivity index (χ0) is 29.0. The van der Waals surface area contributed by atoms with Crippen molar-refractivity contribution in [1.29, 1.82) is 0 Å². The zero-order valence-electron chi connectivity index (χ0n) is 22.3. The summed E-state index contributed by atoms with van der Waals surface area (Å²) in [5.74, 6) is -1.00. The van der Waals surface area contributed by atoms with Crippen molar-refractivity contribution < 1.29 is 9.18 Å². The molecule has 208 valence electrons. The highest BCUT2D eigenvalue weighted by atomic mass is 35.5. The monoisotopic (exact) mass is 600 g/mol. The third-order valence-electron chi connectivity index (χ3n) is 7.77. The first-order valence-electron chi connectivity index (χ1n) is 12.9. The highest BCUT2D eigenvalue weighted by Gasteiger charge is 2.45. The smallest absolute Gasteiger partial charge is 0.256 e. The summed E-state index contributed by atoms with van der Waals surface area (Å²) in [5.41, 5.74) is 6.47. The van der Waals surface area contributed by atoms with E-state index in [9.17, 15) is 14.0 Å². The lowest BCUT2D eigenvalue weighted by Crippen LogP contribution is -2.54. The van der Waals surface area contributed by atoms with Crippen LogP contribution < -0.4 is 11.3 Å². The highest BCUT2D eigenvalue weighted by Crippen LogP contribution is 2.42. The van der Waals surface area contributed by atoms with Crippen LogP contribution in [0.5, 0.6) is 0 Å². The Hall–Kier alpha value is -2.97. The molecule has 0 radical (unpaired) electrons. The second-order valence-electron chi connectivity index (χ2n) is 11.1. The largest absolute Gasteiger partial charge is 0.369 e. The molecule has 10 heteroatoms. The van der Waals surface area contributed by atoms with Gasteiger partial charge in [-0.3, -0.25) is 19.1 Å². The third-order valence-corrected chi connectivity index (χ3v) is 8.70. The highest BCUT2D eigenvalue weighted by molar-refractivity contribution is 6.38. The quantitative estimate of drug-likeness (QED) is 0.280. The van der Waals surface area contributed by atoms with Crippen molar-refractivity contribution in [1.82, 2.24) is 14.5 Å². The molecule has 0 atom stereocenters. The Morgan fingerprint density at radius 1 is 0.950 bits per heavy atom. The number of likely N-dealkylation sites (tertiary alicyclic amines) is 1. The second-order valence-corrected chi connectivity index (χ2v) is 12.3. The Morgan fingerprint density at radius 3 is 2.17 bits per heavy atom. The van der Waals surface area contributed by atoms with Crippen LogP contribution in [0.4, 0.5) is 4.39 Å². The number of fused-ring (bicyclic) bond motifs is 1. The summed E-state index contributed by atoms with van der Waals surface area (Å²) in [4.78, 5) is 33.9. The van der Waals surface area contributed by atoms with Crippen LogP contribution in [0.1, 0.15) is 39.3 Å². The summed E-state index contributed by atoms with van der Waals surface area (Å²) in [6.07, 6.45) is 0.858. The first-order chi connectivity index (χ1) is 18.8. The van der Waals surface area contributed by atoms with Crippen molar-refractivity contribution in [2.45, 2.75) is 44.6 Å². The van der Waals surface area contributed by atoms with E-state index in [0.717, 1.165) is 0 Å². The molecule has 1 fully saturated rings. The van der Waals surface area contributed by atoms with E-state index in [2.05, 4.69) is 25.7 Å². The number of carbonyl (C=O) groups is 1. The van der Waals surface area contributed by atoms with Crippen molar-refractivity contribution in [2.75, 3.05) is 13.1 Å². The Morgan fingerprint density at radius 2 is 1.60 bits per heavy atom. The van der Waals surface area contributed by atoms with Gasteiger partial charge in [-0.15, -0.1) is 0 Å². The normalized spacial score (nSPS) is 15.9. The lowest BCUT2D eigenvalue weighted by molar-refractivity contribution is -0.126. The minimum Gasteiger partial charge on any atom is -0.369 e. The van der Waals surface area contributed by atoms with Crippen molar-refractivity contribution in [3.8, 4) is 16.8 Å². The SMILES string of the molecule is CC(C)(C)N1CCC(C(N)=O)(c2cc(-c3ccc(F)cc3Cl)c3ccc(=O)n(-c4c(Cl)cccc4Cl)c3n2)CC1. The topological polar surface area (TPSA) is 81.2 Å². The van der Waals surface area contributed by atoms with Crippen LogP contribution in [-0.4, -0.2) is 39.0 Å². The van der Waals surface area contributed by atoms with E-state index in [-0.39, 0.29) is 31.9 Å². The summed E-state index contributed by atoms with van der Waals surface area (Å²) < 4.78 is 15.4. The van der Waals surface area contributed by atoms with Gasteiger partial charge in [0.15, 0.2) is 0 Å². The van der Waals surface area contributed by atoms with Crippen LogP contribution in [-0.2, 0) is 10.2 Å². The molecule has 1 aliphatic heterocycles.